The Kier molecular flexibility index (Phi) is 107. The second kappa shape index (κ2) is 57.4. The number of aliphatic carboxylic acids is 8. The number of carbonyl (C=O) groups excluding carboxylic acids is 8. The molecule has 0 amide bonds. The third-order valence-corrected chi connectivity index (χ3v) is 0. The van der Waals surface area contributed by atoms with Gasteiger partial charge < -0.3 is 79.2 Å². The Hall–Kier alpha value is -2.47. The van der Waals surface area contributed by atoms with Gasteiger partial charge in [-0.2, -0.15) is 0 Å². The SMILES string of the molecule is CC(=O)[O-].CC(=O)[O-].CC(=O)[O-].CC(=O)[O-].CC(=O)[O-].CC(=O)[O-].CC(=O)[O-].CC(=O)[O-].[Zr+4].[Zr+4]. The molecular formula is C16H24O16Zr2. The average Bonchev–Trinajstić information content (AvgIpc) is 2.30. The fraction of sp³-hybridized carbons (Fsp3) is 0.500. The molecular weight excluding hydrogens is 631 g/mol. The minimum absolute atomic E-state index is 0. The van der Waals surface area contributed by atoms with E-state index in [1.54, 1.807) is 0 Å². The molecule has 0 aromatic carbocycles. The maximum atomic E-state index is 8.89. The van der Waals surface area contributed by atoms with Gasteiger partial charge in [0.2, 0.25) is 0 Å². The van der Waals surface area contributed by atoms with Crippen molar-refractivity contribution < 1.29 is 132 Å². The minimum atomic E-state index is -1.08. The van der Waals surface area contributed by atoms with E-state index >= 15 is 0 Å². The summed E-state index contributed by atoms with van der Waals surface area (Å²) >= 11 is 0. The van der Waals surface area contributed by atoms with Crippen molar-refractivity contribution in [3.05, 3.63) is 0 Å². The zero-order valence-corrected chi connectivity index (χ0v) is 24.4. The number of carboxylic acid groups (broad SMARTS) is 8. The minimum Gasteiger partial charge on any atom is -0.550 e. The summed E-state index contributed by atoms with van der Waals surface area (Å²) in [6.07, 6.45) is 0. The normalized spacial score (nSPS) is 5.88. The Bertz CT molecular complexity index is 371. The molecule has 34 heavy (non-hydrogen) atoms. The van der Waals surface area contributed by atoms with Gasteiger partial charge >= 0.3 is 52.4 Å². The van der Waals surface area contributed by atoms with Gasteiger partial charge in [0.25, 0.3) is 0 Å². The van der Waals surface area contributed by atoms with Gasteiger partial charge in [-0.1, -0.05) is 0 Å². The first-order chi connectivity index (χ1) is 13.9. The van der Waals surface area contributed by atoms with E-state index < -0.39 is 47.8 Å². The van der Waals surface area contributed by atoms with E-state index in [0.717, 1.165) is 55.4 Å². The third kappa shape index (κ3) is 3930. The summed E-state index contributed by atoms with van der Waals surface area (Å²) < 4.78 is 0. The smallest absolute Gasteiger partial charge is 0.550 e. The summed E-state index contributed by atoms with van der Waals surface area (Å²) in [4.78, 5) is 71.1. The molecule has 0 aliphatic carbocycles. The average molecular weight is 655 g/mol. The molecule has 0 N–H and O–H groups in total. The van der Waals surface area contributed by atoms with Gasteiger partial charge in [-0.15, -0.1) is 0 Å². The number of carbonyl (C=O) groups is 8. The summed E-state index contributed by atoms with van der Waals surface area (Å²) in [5, 5.41) is 71.1. The van der Waals surface area contributed by atoms with E-state index in [-0.39, 0.29) is 52.4 Å². The van der Waals surface area contributed by atoms with Gasteiger partial charge in [0, 0.05) is 47.8 Å². The first kappa shape index (κ1) is 63.4. The summed E-state index contributed by atoms with van der Waals surface area (Å²) in [7, 11) is 0. The number of carboxylic acids is 8. The number of hydrogen-bond donors (Lipinski definition) is 0. The molecule has 0 spiro atoms. The summed E-state index contributed by atoms with van der Waals surface area (Å²) in [5.74, 6) is -8.67. The zero-order chi connectivity index (χ0) is 28.6. The van der Waals surface area contributed by atoms with Crippen molar-refractivity contribution in [1.29, 1.82) is 0 Å². The van der Waals surface area contributed by atoms with Crippen LogP contribution in [0.15, 0.2) is 0 Å². The van der Waals surface area contributed by atoms with E-state index in [2.05, 4.69) is 0 Å². The van der Waals surface area contributed by atoms with Gasteiger partial charge in [-0.3, -0.25) is 0 Å². The molecule has 0 radical (unpaired) electrons. The van der Waals surface area contributed by atoms with Crippen molar-refractivity contribution in [3.63, 3.8) is 0 Å². The second-order valence-electron chi connectivity index (χ2n) is 3.93. The van der Waals surface area contributed by atoms with Crippen molar-refractivity contribution in [1.82, 2.24) is 0 Å². The van der Waals surface area contributed by atoms with Crippen LogP contribution < -0.4 is 40.9 Å². The molecule has 0 aliphatic rings. The van der Waals surface area contributed by atoms with Crippen molar-refractivity contribution in [2.45, 2.75) is 55.4 Å². The predicted octanol–water partition coefficient (Wildman–Crippen LogP) is -9.96. The zero-order valence-electron chi connectivity index (χ0n) is 19.5. The Balaban J connectivity index is -0.0000000240. The quantitative estimate of drug-likeness (QED) is 0.234. The first-order valence-corrected chi connectivity index (χ1v) is 7.27. The second-order valence-corrected chi connectivity index (χ2v) is 3.93. The van der Waals surface area contributed by atoms with Crippen LogP contribution in [0.1, 0.15) is 55.4 Å². The van der Waals surface area contributed by atoms with Crippen LogP contribution in [0.3, 0.4) is 0 Å². The summed E-state index contributed by atoms with van der Waals surface area (Å²) in [6.45, 7) is 7.78. The van der Waals surface area contributed by atoms with E-state index in [0.29, 0.717) is 0 Å². The largest absolute Gasteiger partial charge is 4.00 e. The first-order valence-electron chi connectivity index (χ1n) is 7.27. The van der Waals surface area contributed by atoms with Crippen molar-refractivity contribution in [2.75, 3.05) is 0 Å². The topological polar surface area (TPSA) is 321 Å². The Morgan fingerprint density at radius 2 is 0.265 bits per heavy atom. The molecule has 18 heteroatoms. The maximum Gasteiger partial charge on any atom is 4.00 e. The molecule has 0 aromatic heterocycles. The molecule has 0 rings (SSSR count). The van der Waals surface area contributed by atoms with Crippen molar-refractivity contribution in [3.8, 4) is 0 Å². The van der Waals surface area contributed by atoms with Crippen molar-refractivity contribution in [2.24, 2.45) is 0 Å². The van der Waals surface area contributed by atoms with Crippen LogP contribution in [-0.2, 0) is 90.8 Å². The van der Waals surface area contributed by atoms with Crippen LogP contribution in [-0.4, -0.2) is 47.8 Å². The van der Waals surface area contributed by atoms with Gasteiger partial charge in [-0.05, 0) is 55.4 Å². The van der Waals surface area contributed by atoms with Crippen LogP contribution in [0.4, 0.5) is 0 Å². The van der Waals surface area contributed by atoms with Crippen LogP contribution in [0.2, 0.25) is 0 Å². The third-order valence-electron chi connectivity index (χ3n) is 0. The Morgan fingerprint density at radius 1 is 0.265 bits per heavy atom. The maximum absolute atomic E-state index is 8.89. The van der Waals surface area contributed by atoms with E-state index in [1.165, 1.54) is 0 Å². The molecule has 0 saturated heterocycles. The molecule has 0 unspecified atom stereocenters. The van der Waals surface area contributed by atoms with Gasteiger partial charge in [0.15, 0.2) is 0 Å². The Morgan fingerprint density at radius 3 is 0.265 bits per heavy atom. The van der Waals surface area contributed by atoms with Crippen LogP contribution in [0, 0.1) is 0 Å². The molecule has 16 nitrogen and oxygen atoms in total. The Labute approximate surface area is 233 Å². The molecule has 0 bridgehead atoms. The number of rotatable bonds is 0. The molecule has 0 fully saturated rings. The van der Waals surface area contributed by atoms with E-state index in [1.807, 2.05) is 0 Å². The molecule has 0 atom stereocenters. The summed E-state index contributed by atoms with van der Waals surface area (Å²) in [6, 6.07) is 0. The van der Waals surface area contributed by atoms with Crippen LogP contribution in [0.25, 0.3) is 0 Å². The van der Waals surface area contributed by atoms with Crippen LogP contribution >= 0.6 is 0 Å². The van der Waals surface area contributed by atoms with Gasteiger partial charge in [0.1, 0.15) is 0 Å². The predicted molar refractivity (Wildman–Crippen MR) is 85.4 cm³/mol. The molecule has 0 saturated carbocycles. The fourth-order valence-corrected chi connectivity index (χ4v) is 0. The van der Waals surface area contributed by atoms with E-state index in [4.69, 9.17) is 79.2 Å². The number of hydrogen-bond acceptors (Lipinski definition) is 16. The fourth-order valence-electron chi connectivity index (χ4n) is 0. The summed E-state index contributed by atoms with van der Waals surface area (Å²) in [5.41, 5.74) is 0. The van der Waals surface area contributed by atoms with E-state index in [9.17, 15) is 0 Å². The standard InChI is InChI=1S/8C2H4O2.2Zr/c8*1-2(3)4;;/h8*1H3,(H,3,4);;/q;;;;;;;;2*+4/p-8. The van der Waals surface area contributed by atoms with Gasteiger partial charge in [0.05, 0.1) is 0 Å². The molecule has 0 heterocycles. The molecule has 0 aliphatic heterocycles. The van der Waals surface area contributed by atoms with Gasteiger partial charge in [-0.25, -0.2) is 0 Å². The van der Waals surface area contributed by atoms with Crippen molar-refractivity contribution >= 4 is 47.8 Å². The molecule has 192 valence electrons. The van der Waals surface area contributed by atoms with Crippen LogP contribution in [0.5, 0.6) is 0 Å². The monoisotopic (exact) mass is 652 g/mol. The molecule has 0 aromatic rings.